The molecule has 2 N–H and O–H groups in total. The third-order valence-electron chi connectivity index (χ3n) is 3.98. The molecule has 0 unspecified atom stereocenters. The van der Waals surface area contributed by atoms with Crippen LogP contribution in [0.2, 0.25) is 0 Å². The molecule has 28 heavy (non-hydrogen) atoms. The van der Waals surface area contributed by atoms with Gasteiger partial charge in [-0.15, -0.1) is 0 Å². The Labute approximate surface area is 159 Å². The van der Waals surface area contributed by atoms with Crippen molar-refractivity contribution in [2.24, 2.45) is 0 Å². The summed E-state index contributed by atoms with van der Waals surface area (Å²) in [5.74, 6) is -0.0778. The number of H-pyrrole nitrogens is 1. The van der Waals surface area contributed by atoms with Crippen LogP contribution < -0.4 is 25.9 Å². The summed E-state index contributed by atoms with van der Waals surface area (Å²) in [7, 11) is 0. The van der Waals surface area contributed by atoms with E-state index in [4.69, 9.17) is 14.2 Å². The van der Waals surface area contributed by atoms with Crippen molar-refractivity contribution in [2.45, 2.75) is 19.5 Å². The minimum Gasteiger partial charge on any atom is -0.486 e. The van der Waals surface area contributed by atoms with Crippen molar-refractivity contribution in [1.82, 2.24) is 15.1 Å². The van der Waals surface area contributed by atoms with Crippen LogP contribution in [0.1, 0.15) is 18.5 Å². The first-order chi connectivity index (χ1) is 13.4. The van der Waals surface area contributed by atoms with Crippen molar-refractivity contribution in [2.75, 3.05) is 19.8 Å². The number of nitrogens with one attached hydrogen (secondary N) is 2. The van der Waals surface area contributed by atoms with Crippen LogP contribution in [-0.4, -0.2) is 41.5 Å². The van der Waals surface area contributed by atoms with Crippen LogP contribution in [0.3, 0.4) is 0 Å². The molecular formula is C18H19N3O7. The van der Waals surface area contributed by atoms with Gasteiger partial charge in [0.15, 0.2) is 18.1 Å². The Hall–Kier alpha value is -3.56. The molecule has 1 atom stereocenters. The van der Waals surface area contributed by atoms with Gasteiger partial charge >= 0.3 is 5.97 Å². The molecule has 1 aromatic heterocycles. The summed E-state index contributed by atoms with van der Waals surface area (Å²) in [6, 6.07) is 7.09. The Morgan fingerprint density at radius 1 is 1.18 bits per heavy atom. The molecule has 0 bridgehead atoms. The van der Waals surface area contributed by atoms with Gasteiger partial charge in [0.1, 0.15) is 19.8 Å². The number of aromatic nitrogens is 2. The van der Waals surface area contributed by atoms with Gasteiger partial charge in [0.2, 0.25) is 0 Å². The van der Waals surface area contributed by atoms with Crippen LogP contribution in [0.4, 0.5) is 0 Å². The van der Waals surface area contributed by atoms with Gasteiger partial charge in [-0.25, -0.2) is 4.68 Å². The summed E-state index contributed by atoms with van der Waals surface area (Å²) >= 11 is 0. The van der Waals surface area contributed by atoms with Crippen molar-refractivity contribution in [3.05, 3.63) is 56.6 Å². The van der Waals surface area contributed by atoms with Gasteiger partial charge in [-0.3, -0.25) is 24.3 Å². The molecule has 10 heteroatoms. The Balaban J connectivity index is 1.51. The highest BCUT2D eigenvalue weighted by molar-refractivity contribution is 5.80. The maximum atomic E-state index is 12.0. The summed E-state index contributed by atoms with van der Waals surface area (Å²) in [6.45, 7) is 1.72. The Kier molecular flexibility index (Phi) is 5.78. The average molecular weight is 389 g/mol. The molecule has 0 fully saturated rings. The molecule has 2 heterocycles. The lowest BCUT2D eigenvalue weighted by Crippen LogP contribution is -2.34. The standard InChI is InChI=1S/C18H19N3O7/c1-11(12-2-3-13-14(8-12)27-7-6-26-13)19-16(23)10-28-18(25)9-21-17(24)5-4-15(22)20-21/h2-5,8,11H,6-7,9-10H2,1H3,(H,19,23)(H,20,22)/t11-/m1/s1. The van der Waals surface area contributed by atoms with E-state index < -0.39 is 36.1 Å². The third-order valence-corrected chi connectivity index (χ3v) is 3.98. The fourth-order valence-electron chi connectivity index (χ4n) is 2.60. The normalized spacial score (nSPS) is 13.5. The van der Waals surface area contributed by atoms with Gasteiger partial charge in [0.05, 0.1) is 6.04 Å². The van der Waals surface area contributed by atoms with Crippen LogP contribution >= 0.6 is 0 Å². The summed E-state index contributed by atoms with van der Waals surface area (Å²) in [6.07, 6.45) is 0. The van der Waals surface area contributed by atoms with Gasteiger partial charge in [-0.2, -0.15) is 0 Å². The highest BCUT2D eigenvalue weighted by Gasteiger charge is 2.17. The van der Waals surface area contributed by atoms with Crippen LogP contribution in [0.25, 0.3) is 0 Å². The summed E-state index contributed by atoms with van der Waals surface area (Å²) in [5.41, 5.74) is -0.288. The number of ether oxygens (including phenoxy) is 3. The van der Waals surface area contributed by atoms with E-state index in [-0.39, 0.29) is 6.04 Å². The van der Waals surface area contributed by atoms with Crippen molar-refractivity contribution >= 4 is 11.9 Å². The molecule has 1 amide bonds. The maximum absolute atomic E-state index is 12.0. The van der Waals surface area contributed by atoms with E-state index in [1.165, 1.54) is 0 Å². The summed E-state index contributed by atoms with van der Waals surface area (Å²) < 4.78 is 16.6. The number of hydrogen-bond acceptors (Lipinski definition) is 7. The first kappa shape index (κ1) is 19.2. The van der Waals surface area contributed by atoms with Crippen LogP contribution in [0, 0.1) is 0 Å². The van der Waals surface area contributed by atoms with E-state index in [9.17, 15) is 19.2 Å². The maximum Gasteiger partial charge on any atom is 0.328 e. The highest BCUT2D eigenvalue weighted by atomic mass is 16.6. The molecule has 0 aliphatic carbocycles. The highest BCUT2D eigenvalue weighted by Crippen LogP contribution is 2.32. The number of aromatic amines is 1. The number of fused-ring (bicyclic) bond motifs is 1. The molecule has 2 aromatic rings. The molecule has 10 nitrogen and oxygen atoms in total. The molecular weight excluding hydrogens is 370 g/mol. The number of nitrogens with zero attached hydrogens (tertiary/aromatic N) is 1. The SMILES string of the molecule is C[C@@H](NC(=O)COC(=O)Cn1[nH]c(=O)ccc1=O)c1ccc2c(c1)OCCO2. The second kappa shape index (κ2) is 8.42. The molecule has 0 saturated carbocycles. The van der Waals surface area contributed by atoms with Gasteiger partial charge in [0, 0.05) is 12.1 Å². The first-order valence-electron chi connectivity index (χ1n) is 8.57. The van der Waals surface area contributed by atoms with E-state index in [1.54, 1.807) is 19.1 Å². The van der Waals surface area contributed by atoms with E-state index in [0.29, 0.717) is 24.7 Å². The first-order valence-corrected chi connectivity index (χ1v) is 8.57. The fraction of sp³-hybridized carbons (Fsp3) is 0.333. The van der Waals surface area contributed by atoms with Crippen molar-refractivity contribution < 1.29 is 23.8 Å². The number of rotatable bonds is 6. The molecule has 1 aliphatic rings. The second-order valence-corrected chi connectivity index (χ2v) is 6.09. The largest absolute Gasteiger partial charge is 0.486 e. The lowest BCUT2D eigenvalue weighted by molar-refractivity contribution is -0.149. The Bertz CT molecular complexity index is 995. The minimum absolute atomic E-state index is 0.352. The lowest BCUT2D eigenvalue weighted by Gasteiger charge is -2.21. The van der Waals surface area contributed by atoms with Crippen LogP contribution in [-0.2, 0) is 20.9 Å². The van der Waals surface area contributed by atoms with Crippen molar-refractivity contribution in [3.63, 3.8) is 0 Å². The number of carbonyl (C=O) groups excluding carboxylic acids is 2. The average Bonchev–Trinajstić information content (AvgIpc) is 2.68. The molecule has 3 rings (SSSR count). The second-order valence-electron chi connectivity index (χ2n) is 6.09. The Morgan fingerprint density at radius 3 is 2.71 bits per heavy atom. The fourth-order valence-corrected chi connectivity index (χ4v) is 2.60. The van der Waals surface area contributed by atoms with E-state index >= 15 is 0 Å². The molecule has 148 valence electrons. The van der Waals surface area contributed by atoms with Gasteiger partial charge in [0.25, 0.3) is 17.0 Å². The molecule has 0 radical (unpaired) electrons. The zero-order chi connectivity index (χ0) is 20.1. The van der Waals surface area contributed by atoms with E-state index in [2.05, 4.69) is 10.4 Å². The number of esters is 1. The number of benzene rings is 1. The molecule has 1 aromatic carbocycles. The minimum atomic E-state index is -0.828. The summed E-state index contributed by atoms with van der Waals surface area (Å²) in [5, 5.41) is 4.90. The van der Waals surface area contributed by atoms with E-state index in [1.807, 2.05) is 6.07 Å². The topological polar surface area (TPSA) is 129 Å². The molecule has 0 spiro atoms. The molecule has 1 aliphatic heterocycles. The Morgan fingerprint density at radius 2 is 1.93 bits per heavy atom. The quantitative estimate of drug-likeness (QED) is 0.651. The third kappa shape index (κ3) is 4.78. The van der Waals surface area contributed by atoms with E-state index in [0.717, 1.165) is 22.4 Å². The lowest BCUT2D eigenvalue weighted by atomic mass is 10.1. The smallest absolute Gasteiger partial charge is 0.328 e. The van der Waals surface area contributed by atoms with Gasteiger partial charge in [-0.05, 0) is 24.6 Å². The number of carbonyl (C=O) groups is 2. The zero-order valence-corrected chi connectivity index (χ0v) is 15.1. The van der Waals surface area contributed by atoms with Gasteiger partial charge < -0.3 is 19.5 Å². The number of hydrogen-bond donors (Lipinski definition) is 2. The number of amides is 1. The zero-order valence-electron chi connectivity index (χ0n) is 15.1. The van der Waals surface area contributed by atoms with Crippen LogP contribution in [0.5, 0.6) is 11.5 Å². The predicted molar refractivity (Wildman–Crippen MR) is 96.3 cm³/mol. The molecule has 0 saturated heterocycles. The summed E-state index contributed by atoms with van der Waals surface area (Å²) in [4.78, 5) is 46.5. The predicted octanol–water partition coefficient (Wildman–Crippen LogP) is -0.272. The van der Waals surface area contributed by atoms with Crippen LogP contribution in [0.15, 0.2) is 39.9 Å². The van der Waals surface area contributed by atoms with Crippen molar-refractivity contribution in [3.8, 4) is 11.5 Å². The monoisotopic (exact) mass is 389 g/mol. The van der Waals surface area contributed by atoms with Crippen molar-refractivity contribution in [1.29, 1.82) is 0 Å². The van der Waals surface area contributed by atoms with Gasteiger partial charge in [-0.1, -0.05) is 6.07 Å².